The van der Waals surface area contributed by atoms with Crippen molar-refractivity contribution in [2.75, 3.05) is 19.7 Å². The molecule has 1 aromatic heterocycles. The van der Waals surface area contributed by atoms with Crippen LogP contribution in [-0.2, 0) is 13.0 Å². The van der Waals surface area contributed by atoms with Crippen LogP contribution in [0.15, 0.2) is 109 Å². The lowest BCUT2D eigenvalue weighted by molar-refractivity contribution is 0.0932. The van der Waals surface area contributed by atoms with Crippen LogP contribution >= 0.6 is 0 Å². The summed E-state index contributed by atoms with van der Waals surface area (Å²) in [6, 6.07) is 36.5. The van der Waals surface area contributed by atoms with E-state index in [9.17, 15) is 4.79 Å². The number of nitrogens with one attached hydrogen (secondary N) is 1. The van der Waals surface area contributed by atoms with Crippen molar-refractivity contribution in [2.24, 2.45) is 0 Å². The van der Waals surface area contributed by atoms with Crippen molar-refractivity contribution in [3.63, 3.8) is 0 Å². The van der Waals surface area contributed by atoms with E-state index in [4.69, 9.17) is 9.72 Å². The second kappa shape index (κ2) is 12.4. The number of para-hydroxylation sites is 1. The first kappa shape index (κ1) is 26.7. The van der Waals surface area contributed by atoms with Gasteiger partial charge in [0, 0.05) is 30.6 Å². The number of pyridine rings is 1. The van der Waals surface area contributed by atoms with Crippen LogP contribution in [0.1, 0.15) is 46.4 Å². The number of ether oxygens (including phenoxy) is 1. The fourth-order valence-corrected chi connectivity index (χ4v) is 5.71. The smallest absolute Gasteiger partial charge is 0.256 e. The highest BCUT2D eigenvalue weighted by atomic mass is 16.5. The van der Waals surface area contributed by atoms with Gasteiger partial charge >= 0.3 is 0 Å². The number of benzene rings is 4. The van der Waals surface area contributed by atoms with Crippen molar-refractivity contribution in [3.8, 4) is 17.0 Å². The Hall–Kier alpha value is -4.48. The van der Waals surface area contributed by atoms with Crippen molar-refractivity contribution >= 4 is 16.8 Å². The number of hydrogen-bond donors (Lipinski definition) is 1. The highest BCUT2D eigenvalue weighted by Crippen LogP contribution is 2.37. The number of nitrogens with zero attached hydrogens (tertiary/aromatic N) is 2. The SMILES string of the molecule is CC[C@H](NC(=O)c1c(OCCN2CCc3ccccc3C2)c(-c2ccccc2)nc2ccccc12)c1ccccc1. The van der Waals surface area contributed by atoms with E-state index in [0.29, 0.717) is 23.6 Å². The minimum atomic E-state index is -0.154. The topological polar surface area (TPSA) is 54.5 Å². The molecule has 0 radical (unpaired) electrons. The van der Waals surface area contributed by atoms with Gasteiger partial charge in [0.05, 0.1) is 17.1 Å². The van der Waals surface area contributed by atoms with Gasteiger partial charge in [-0.2, -0.15) is 0 Å². The van der Waals surface area contributed by atoms with E-state index in [1.54, 1.807) is 0 Å². The zero-order valence-electron chi connectivity index (χ0n) is 23.4. The molecule has 5 nitrogen and oxygen atoms in total. The summed E-state index contributed by atoms with van der Waals surface area (Å²) in [5, 5.41) is 4.09. The van der Waals surface area contributed by atoms with Crippen LogP contribution in [0.3, 0.4) is 0 Å². The van der Waals surface area contributed by atoms with Gasteiger partial charge in [-0.15, -0.1) is 0 Å². The van der Waals surface area contributed by atoms with Gasteiger partial charge in [-0.1, -0.05) is 110 Å². The van der Waals surface area contributed by atoms with Crippen LogP contribution in [-0.4, -0.2) is 35.5 Å². The average molecular weight is 542 g/mol. The zero-order chi connectivity index (χ0) is 28.0. The Kier molecular flexibility index (Phi) is 8.06. The fourth-order valence-electron chi connectivity index (χ4n) is 5.71. The molecule has 1 atom stereocenters. The lowest BCUT2D eigenvalue weighted by Gasteiger charge is -2.29. The van der Waals surface area contributed by atoms with Gasteiger partial charge in [0.25, 0.3) is 5.91 Å². The molecule has 4 aromatic carbocycles. The maximum atomic E-state index is 14.2. The van der Waals surface area contributed by atoms with Crippen molar-refractivity contribution < 1.29 is 9.53 Å². The molecule has 5 aromatic rings. The van der Waals surface area contributed by atoms with Gasteiger partial charge in [0.1, 0.15) is 12.3 Å². The molecular formula is C36H35N3O2. The number of aromatic nitrogens is 1. The molecule has 5 heteroatoms. The van der Waals surface area contributed by atoms with E-state index in [1.807, 2.05) is 72.8 Å². The Morgan fingerprint density at radius 1 is 0.878 bits per heavy atom. The molecule has 0 bridgehead atoms. The van der Waals surface area contributed by atoms with Crippen LogP contribution in [0.25, 0.3) is 22.2 Å². The lowest BCUT2D eigenvalue weighted by Crippen LogP contribution is -2.34. The van der Waals surface area contributed by atoms with Gasteiger partial charge in [-0.05, 0) is 35.6 Å². The summed E-state index contributed by atoms with van der Waals surface area (Å²) in [7, 11) is 0. The first-order valence-electron chi connectivity index (χ1n) is 14.5. The number of amides is 1. The summed E-state index contributed by atoms with van der Waals surface area (Å²) in [4.78, 5) is 21.6. The van der Waals surface area contributed by atoms with Crippen molar-refractivity contribution in [1.82, 2.24) is 15.2 Å². The Morgan fingerprint density at radius 3 is 2.34 bits per heavy atom. The highest BCUT2D eigenvalue weighted by Gasteiger charge is 2.25. The first-order chi connectivity index (χ1) is 20.2. The van der Waals surface area contributed by atoms with E-state index in [0.717, 1.165) is 54.5 Å². The predicted molar refractivity (Wildman–Crippen MR) is 165 cm³/mol. The molecule has 0 aliphatic carbocycles. The van der Waals surface area contributed by atoms with Crippen LogP contribution in [0.4, 0.5) is 0 Å². The van der Waals surface area contributed by atoms with E-state index >= 15 is 0 Å². The molecule has 2 heterocycles. The third-order valence-electron chi connectivity index (χ3n) is 7.90. The van der Waals surface area contributed by atoms with Gasteiger partial charge in [-0.3, -0.25) is 9.69 Å². The largest absolute Gasteiger partial charge is 0.489 e. The van der Waals surface area contributed by atoms with Crippen LogP contribution in [0.2, 0.25) is 0 Å². The van der Waals surface area contributed by atoms with Crippen LogP contribution < -0.4 is 10.1 Å². The highest BCUT2D eigenvalue weighted by molar-refractivity contribution is 6.10. The number of rotatable bonds is 9. The number of carbonyl (C=O) groups is 1. The van der Waals surface area contributed by atoms with Gasteiger partial charge in [0.2, 0.25) is 0 Å². The molecule has 1 amide bonds. The second-order valence-corrected chi connectivity index (χ2v) is 10.5. The molecule has 41 heavy (non-hydrogen) atoms. The molecule has 6 rings (SSSR count). The maximum absolute atomic E-state index is 14.2. The van der Waals surface area contributed by atoms with Gasteiger partial charge in [-0.25, -0.2) is 4.98 Å². The van der Waals surface area contributed by atoms with Crippen molar-refractivity contribution in [1.29, 1.82) is 0 Å². The summed E-state index contributed by atoms with van der Waals surface area (Å²) in [5.74, 6) is 0.381. The quantitative estimate of drug-likeness (QED) is 0.214. The van der Waals surface area contributed by atoms with E-state index in [2.05, 4.69) is 53.5 Å². The van der Waals surface area contributed by atoms with E-state index in [-0.39, 0.29) is 11.9 Å². The lowest BCUT2D eigenvalue weighted by atomic mass is 9.99. The summed E-state index contributed by atoms with van der Waals surface area (Å²) in [6.45, 7) is 5.20. The zero-order valence-corrected chi connectivity index (χ0v) is 23.4. The second-order valence-electron chi connectivity index (χ2n) is 10.5. The van der Waals surface area contributed by atoms with Crippen LogP contribution in [0, 0.1) is 0 Å². The molecule has 0 unspecified atom stereocenters. The predicted octanol–water partition coefficient (Wildman–Crippen LogP) is 7.22. The minimum Gasteiger partial charge on any atom is -0.489 e. The number of hydrogen-bond acceptors (Lipinski definition) is 4. The number of fused-ring (bicyclic) bond motifs is 2. The molecule has 0 spiro atoms. The molecule has 1 aliphatic heterocycles. The van der Waals surface area contributed by atoms with E-state index in [1.165, 1.54) is 11.1 Å². The summed E-state index contributed by atoms with van der Waals surface area (Å²) in [5.41, 5.74) is 6.80. The maximum Gasteiger partial charge on any atom is 0.256 e. The molecule has 206 valence electrons. The summed E-state index contributed by atoms with van der Waals surface area (Å²) in [6.07, 6.45) is 1.81. The third kappa shape index (κ3) is 5.86. The minimum absolute atomic E-state index is 0.114. The molecule has 0 saturated carbocycles. The molecule has 0 saturated heterocycles. The van der Waals surface area contributed by atoms with Crippen LogP contribution in [0.5, 0.6) is 5.75 Å². The average Bonchev–Trinajstić information content (AvgIpc) is 3.03. The number of carbonyl (C=O) groups excluding carboxylic acids is 1. The summed E-state index contributed by atoms with van der Waals surface area (Å²) >= 11 is 0. The molecule has 1 N–H and O–H groups in total. The normalized spacial score (nSPS) is 13.9. The monoisotopic (exact) mass is 541 g/mol. The molecular weight excluding hydrogens is 506 g/mol. The Bertz CT molecular complexity index is 1640. The molecule has 1 aliphatic rings. The Balaban J connectivity index is 1.35. The van der Waals surface area contributed by atoms with Crippen molar-refractivity contribution in [2.45, 2.75) is 32.4 Å². The Labute approximate surface area is 241 Å². The fraction of sp³-hybridized carbons (Fsp3) is 0.222. The summed E-state index contributed by atoms with van der Waals surface area (Å²) < 4.78 is 6.60. The third-order valence-corrected chi connectivity index (χ3v) is 7.90. The molecule has 0 fully saturated rings. The first-order valence-corrected chi connectivity index (χ1v) is 14.5. The standard InChI is InChI=1S/C36H35N3O2/c1-2-31(27-14-5-3-6-15-27)38-36(40)33-30-19-11-12-20-32(30)37-34(28-16-7-4-8-17-28)35(33)41-24-23-39-22-21-26-13-9-10-18-29(26)25-39/h3-20,31H,2,21-25H2,1H3,(H,38,40)/t31-/m0/s1. The van der Waals surface area contributed by atoms with E-state index < -0.39 is 0 Å². The Morgan fingerprint density at radius 2 is 1.56 bits per heavy atom. The van der Waals surface area contributed by atoms with Gasteiger partial charge < -0.3 is 10.1 Å². The van der Waals surface area contributed by atoms with Crippen molar-refractivity contribution in [3.05, 3.63) is 131 Å². The van der Waals surface area contributed by atoms with Gasteiger partial charge in [0.15, 0.2) is 5.75 Å².